The molecule has 25 heavy (non-hydrogen) atoms. The largest absolute Gasteiger partial charge is 0.360 e. The summed E-state index contributed by atoms with van der Waals surface area (Å²) in [6.07, 6.45) is 3.41. The molecule has 2 heterocycles. The number of piperidine rings is 1. The number of aryl methyl sites for hydroxylation is 3. The molecular formula is C18H23FN2O3S. The molecule has 0 unspecified atom stereocenters. The lowest BCUT2D eigenvalue weighted by Crippen LogP contribution is -2.40. The Kier molecular flexibility index (Phi) is 5.24. The van der Waals surface area contributed by atoms with Crippen LogP contribution in [0.3, 0.4) is 0 Å². The summed E-state index contributed by atoms with van der Waals surface area (Å²) >= 11 is 0. The fraction of sp³-hybridized carbons (Fsp3) is 0.500. The minimum Gasteiger partial charge on any atom is -0.360 e. The van der Waals surface area contributed by atoms with Gasteiger partial charge in [0.25, 0.3) is 0 Å². The van der Waals surface area contributed by atoms with Gasteiger partial charge in [-0.1, -0.05) is 17.3 Å². The van der Waals surface area contributed by atoms with Gasteiger partial charge in [-0.25, -0.2) is 12.8 Å². The van der Waals surface area contributed by atoms with E-state index in [0.717, 1.165) is 31.2 Å². The maximum absolute atomic E-state index is 13.3. The molecule has 0 saturated carbocycles. The molecule has 3 rings (SSSR count). The molecule has 0 spiro atoms. The average Bonchev–Trinajstić information content (AvgIpc) is 2.93. The molecule has 5 nitrogen and oxygen atoms in total. The number of benzene rings is 1. The predicted octanol–water partition coefficient (Wildman–Crippen LogP) is 3.46. The number of sulfonamides is 1. The molecule has 0 radical (unpaired) electrons. The first-order valence-electron chi connectivity index (χ1n) is 8.55. The van der Waals surface area contributed by atoms with Crippen molar-refractivity contribution in [1.29, 1.82) is 0 Å². The molecule has 1 aromatic carbocycles. The molecule has 1 saturated heterocycles. The Morgan fingerprint density at radius 3 is 2.84 bits per heavy atom. The second kappa shape index (κ2) is 7.25. The molecule has 1 aliphatic heterocycles. The van der Waals surface area contributed by atoms with Gasteiger partial charge in [0.1, 0.15) is 16.4 Å². The van der Waals surface area contributed by atoms with Crippen LogP contribution in [-0.4, -0.2) is 31.0 Å². The zero-order valence-electron chi connectivity index (χ0n) is 14.5. The van der Waals surface area contributed by atoms with Gasteiger partial charge in [0.2, 0.25) is 10.0 Å². The van der Waals surface area contributed by atoms with Gasteiger partial charge in [-0.2, -0.15) is 4.31 Å². The summed E-state index contributed by atoms with van der Waals surface area (Å²) in [7, 11) is -3.59. The van der Waals surface area contributed by atoms with Crippen LogP contribution >= 0.6 is 0 Å². The third-order valence-corrected chi connectivity index (χ3v) is 6.89. The lowest BCUT2D eigenvalue weighted by Gasteiger charge is -2.31. The molecule has 2 aromatic rings. The third-order valence-electron chi connectivity index (χ3n) is 4.78. The number of hydrogen-bond acceptors (Lipinski definition) is 4. The highest BCUT2D eigenvalue weighted by Gasteiger charge is 2.34. The number of rotatable bonds is 5. The molecule has 0 bridgehead atoms. The first-order valence-corrected chi connectivity index (χ1v) is 9.99. The summed E-state index contributed by atoms with van der Waals surface area (Å²) in [4.78, 5) is 0.193. The summed E-state index contributed by atoms with van der Waals surface area (Å²) in [6, 6.07) is 6.59. The van der Waals surface area contributed by atoms with Crippen molar-refractivity contribution >= 4 is 10.0 Å². The van der Waals surface area contributed by atoms with Crippen molar-refractivity contribution in [3.8, 4) is 0 Å². The summed E-state index contributed by atoms with van der Waals surface area (Å²) < 4.78 is 45.7. The Hall–Kier alpha value is -1.73. The first-order chi connectivity index (χ1) is 11.9. The van der Waals surface area contributed by atoms with Crippen LogP contribution in [0.4, 0.5) is 4.39 Å². The molecule has 1 aromatic heterocycles. The standard InChI is InChI=1S/C18H23FN2O3S/c1-13-18(14(2)24-20-13)25(22,23)21-10-4-6-16(12-21)9-8-15-5-3-7-17(19)11-15/h3,5,7,11,16H,4,6,8-10,12H2,1-2H3/t16-/m1/s1. The smallest absolute Gasteiger partial charge is 0.248 e. The van der Waals surface area contributed by atoms with Crippen molar-refractivity contribution < 1.29 is 17.3 Å². The van der Waals surface area contributed by atoms with E-state index < -0.39 is 10.0 Å². The normalized spacial score (nSPS) is 19.2. The number of nitrogens with zero attached hydrogens (tertiary/aromatic N) is 2. The molecule has 0 aliphatic carbocycles. The van der Waals surface area contributed by atoms with Crippen LogP contribution in [-0.2, 0) is 16.4 Å². The monoisotopic (exact) mass is 366 g/mol. The van der Waals surface area contributed by atoms with E-state index in [1.165, 1.54) is 6.07 Å². The van der Waals surface area contributed by atoms with Crippen molar-refractivity contribution in [2.45, 2.75) is 44.4 Å². The van der Waals surface area contributed by atoms with Gasteiger partial charge in [0, 0.05) is 13.1 Å². The van der Waals surface area contributed by atoms with Crippen molar-refractivity contribution in [2.24, 2.45) is 5.92 Å². The topological polar surface area (TPSA) is 63.4 Å². The Morgan fingerprint density at radius 2 is 2.16 bits per heavy atom. The zero-order chi connectivity index (χ0) is 18.0. The highest BCUT2D eigenvalue weighted by molar-refractivity contribution is 7.89. The first kappa shape index (κ1) is 18.1. The van der Waals surface area contributed by atoms with Gasteiger partial charge >= 0.3 is 0 Å². The zero-order valence-corrected chi connectivity index (χ0v) is 15.4. The summed E-state index contributed by atoms with van der Waals surface area (Å²) in [6.45, 7) is 4.28. The third kappa shape index (κ3) is 3.93. The van der Waals surface area contributed by atoms with E-state index in [1.54, 1.807) is 30.3 Å². The Bertz CT molecular complexity index is 828. The maximum Gasteiger partial charge on any atom is 0.248 e. The van der Waals surface area contributed by atoms with Gasteiger partial charge in [0.15, 0.2) is 5.76 Å². The van der Waals surface area contributed by atoms with Gasteiger partial charge in [-0.15, -0.1) is 0 Å². The second-order valence-corrected chi connectivity index (χ2v) is 8.57. The van der Waals surface area contributed by atoms with Crippen LogP contribution in [0.2, 0.25) is 0 Å². The highest BCUT2D eigenvalue weighted by Crippen LogP contribution is 2.29. The molecule has 1 atom stereocenters. The van der Waals surface area contributed by atoms with E-state index in [0.29, 0.717) is 24.5 Å². The SMILES string of the molecule is Cc1noc(C)c1S(=O)(=O)N1CCC[C@H](CCc2cccc(F)c2)C1. The minimum absolute atomic E-state index is 0.193. The molecule has 0 amide bonds. The van der Waals surface area contributed by atoms with Crippen molar-refractivity contribution in [3.05, 3.63) is 47.1 Å². The Labute approximate surface area is 147 Å². The minimum atomic E-state index is -3.59. The molecule has 1 fully saturated rings. The molecular weight excluding hydrogens is 343 g/mol. The number of aromatic nitrogens is 1. The van der Waals surface area contributed by atoms with Gasteiger partial charge in [-0.05, 0) is 63.1 Å². The fourth-order valence-electron chi connectivity index (χ4n) is 3.52. The van der Waals surface area contributed by atoms with Gasteiger partial charge in [0.05, 0.1) is 0 Å². The lowest BCUT2D eigenvalue weighted by atomic mass is 9.93. The summed E-state index contributed by atoms with van der Waals surface area (Å²) in [5.41, 5.74) is 1.35. The van der Waals surface area contributed by atoms with Crippen LogP contribution in [0.15, 0.2) is 33.7 Å². The highest BCUT2D eigenvalue weighted by atomic mass is 32.2. The van der Waals surface area contributed by atoms with E-state index in [-0.39, 0.29) is 16.6 Å². The van der Waals surface area contributed by atoms with E-state index >= 15 is 0 Å². The van der Waals surface area contributed by atoms with Crippen LogP contribution in [0.1, 0.15) is 36.3 Å². The fourth-order valence-corrected chi connectivity index (χ4v) is 5.36. The second-order valence-electron chi connectivity index (χ2n) is 6.69. The Morgan fingerprint density at radius 1 is 1.36 bits per heavy atom. The van der Waals surface area contributed by atoms with Crippen LogP contribution in [0.25, 0.3) is 0 Å². The molecule has 136 valence electrons. The predicted molar refractivity (Wildman–Crippen MR) is 92.2 cm³/mol. The van der Waals surface area contributed by atoms with Crippen LogP contribution in [0, 0.1) is 25.6 Å². The van der Waals surface area contributed by atoms with Crippen molar-refractivity contribution in [1.82, 2.24) is 9.46 Å². The van der Waals surface area contributed by atoms with Crippen LogP contribution in [0.5, 0.6) is 0 Å². The van der Waals surface area contributed by atoms with E-state index in [1.807, 2.05) is 6.07 Å². The van der Waals surface area contributed by atoms with Crippen LogP contribution < -0.4 is 0 Å². The quantitative estimate of drug-likeness (QED) is 0.813. The number of hydrogen-bond donors (Lipinski definition) is 0. The van der Waals surface area contributed by atoms with E-state index in [2.05, 4.69) is 5.16 Å². The Balaban J connectivity index is 1.69. The average molecular weight is 366 g/mol. The van der Waals surface area contributed by atoms with Gasteiger partial charge in [-0.3, -0.25) is 0 Å². The summed E-state index contributed by atoms with van der Waals surface area (Å²) in [5, 5.41) is 3.76. The summed E-state index contributed by atoms with van der Waals surface area (Å²) in [5.74, 6) is 0.371. The van der Waals surface area contributed by atoms with E-state index in [9.17, 15) is 12.8 Å². The maximum atomic E-state index is 13.3. The van der Waals surface area contributed by atoms with Crippen molar-refractivity contribution in [2.75, 3.05) is 13.1 Å². The van der Waals surface area contributed by atoms with E-state index in [4.69, 9.17) is 4.52 Å². The van der Waals surface area contributed by atoms with Gasteiger partial charge < -0.3 is 4.52 Å². The molecule has 7 heteroatoms. The lowest BCUT2D eigenvalue weighted by molar-refractivity contribution is 0.255. The van der Waals surface area contributed by atoms with Crippen molar-refractivity contribution in [3.63, 3.8) is 0 Å². The molecule has 1 aliphatic rings. The number of halogens is 1. The molecule has 0 N–H and O–H groups in total.